The summed E-state index contributed by atoms with van der Waals surface area (Å²) in [4.78, 5) is 24.9. The number of hydrogen-bond donors (Lipinski definition) is 1. The van der Waals surface area contributed by atoms with Crippen molar-refractivity contribution < 1.29 is 14.0 Å². The summed E-state index contributed by atoms with van der Waals surface area (Å²) in [5, 5.41) is 2.68. The van der Waals surface area contributed by atoms with Crippen LogP contribution in [0.3, 0.4) is 0 Å². The van der Waals surface area contributed by atoms with Gasteiger partial charge in [0.2, 0.25) is 5.91 Å². The molecule has 1 aromatic carbocycles. The van der Waals surface area contributed by atoms with Gasteiger partial charge in [0, 0.05) is 6.54 Å². The van der Waals surface area contributed by atoms with E-state index in [0.717, 1.165) is 17.7 Å². The van der Waals surface area contributed by atoms with E-state index in [9.17, 15) is 14.0 Å². The molecule has 0 aromatic heterocycles. The Bertz CT molecular complexity index is 511. The number of imide groups is 1. The van der Waals surface area contributed by atoms with Crippen LogP contribution in [-0.2, 0) is 4.79 Å². The van der Waals surface area contributed by atoms with Gasteiger partial charge in [-0.05, 0) is 31.0 Å². The van der Waals surface area contributed by atoms with Crippen LogP contribution in [-0.4, -0.2) is 18.5 Å². The summed E-state index contributed by atoms with van der Waals surface area (Å²) in [6.45, 7) is 0.399. The van der Waals surface area contributed by atoms with Gasteiger partial charge in [-0.2, -0.15) is 0 Å². The molecule has 3 amide bonds. The van der Waals surface area contributed by atoms with Gasteiger partial charge in [0.1, 0.15) is 5.82 Å². The average Bonchev–Trinajstić information content (AvgIpc) is 3.06. The molecule has 1 aliphatic carbocycles. The van der Waals surface area contributed by atoms with Crippen LogP contribution in [0, 0.1) is 11.2 Å². The fraction of sp³-hybridized carbons (Fsp3) is 0.333. The van der Waals surface area contributed by atoms with E-state index in [1.807, 2.05) is 0 Å². The first-order valence-electron chi connectivity index (χ1n) is 5.50. The summed E-state index contributed by atoms with van der Waals surface area (Å²) in [6.07, 6.45) is 1.58. The number of hydrogen-bond acceptors (Lipinski definition) is 2. The molecule has 1 spiro atoms. The zero-order valence-electron chi connectivity index (χ0n) is 9.07. The standard InChI is InChI=1S/C12H11FN2O2/c13-8-2-1-3-9(6-8)15-10(16)12(4-5-12)7-14-11(15)17/h1-3,6H,4-5,7H2,(H,14,17). The van der Waals surface area contributed by atoms with Crippen LogP contribution in [0.5, 0.6) is 0 Å². The van der Waals surface area contributed by atoms with E-state index in [-0.39, 0.29) is 5.91 Å². The Morgan fingerprint density at radius 1 is 1.29 bits per heavy atom. The molecule has 0 atom stereocenters. The number of benzene rings is 1. The van der Waals surface area contributed by atoms with E-state index < -0.39 is 17.3 Å². The molecule has 5 heteroatoms. The van der Waals surface area contributed by atoms with Gasteiger partial charge in [0.05, 0.1) is 11.1 Å². The van der Waals surface area contributed by atoms with E-state index in [1.165, 1.54) is 18.2 Å². The summed E-state index contributed by atoms with van der Waals surface area (Å²) in [7, 11) is 0. The first-order valence-corrected chi connectivity index (χ1v) is 5.50. The Balaban J connectivity index is 2.00. The Labute approximate surface area is 97.4 Å². The number of anilines is 1. The minimum atomic E-state index is -0.474. The van der Waals surface area contributed by atoms with E-state index in [1.54, 1.807) is 6.07 Å². The van der Waals surface area contributed by atoms with Crippen molar-refractivity contribution in [1.29, 1.82) is 0 Å². The largest absolute Gasteiger partial charge is 0.336 e. The third-order valence-electron chi connectivity index (χ3n) is 3.36. The average molecular weight is 234 g/mol. The van der Waals surface area contributed by atoms with Crippen LogP contribution in [0.4, 0.5) is 14.9 Å². The van der Waals surface area contributed by atoms with Crippen LogP contribution in [0.1, 0.15) is 12.8 Å². The normalized spacial score (nSPS) is 21.6. The quantitative estimate of drug-likeness (QED) is 0.803. The number of rotatable bonds is 1. The second-order valence-electron chi connectivity index (χ2n) is 4.56. The number of carbonyl (C=O) groups excluding carboxylic acids is 2. The van der Waals surface area contributed by atoms with Gasteiger partial charge >= 0.3 is 6.03 Å². The molecule has 1 aliphatic heterocycles. The molecule has 17 heavy (non-hydrogen) atoms. The van der Waals surface area contributed by atoms with Crippen LogP contribution < -0.4 is 10.2 Å². The fourth-order valence-electron chi connectivity index (χ4n) is 2.12. The molecule has 3 rings (SSSR count). The summed E-state index contributed by atoms with van der Waals surface area (Å²) in [6, 6.07) is 5.04. The number of urea groups is 1. The molecule has 1 N–H and O–H groups in total. The van der Waals surface area contributed by atoms with Crippen LogP contribution in [0.15, 0.2) is 24.3 Å². The summed E-state index contributed by atoms with van der Waals surface area (Å²) in [5.41, 5.74) is -0.140. The van der Waals surface area contributed by atoms with Crippen molar-refractivity contribution in [3.05, 3.63) is 30.1 Å². The van der Waals surface area contributed by atoms with Gasteiger partial charge in [-0.25, -0.2) is 14.1 Å². The molecule has 2 aliphatic rings. The van der Waals surface area contributed by atoms with Crippen molar-refractivity contribution in [2.75, 3.05) is 11.4 Å². The second-order valence-corrected chi connectivity index (χ2v) is 4.56. The number of carbonyl (C=O) groups is 2. The monoisotopic (exact) mass is 234 g/mol. The topological polar surface area (TPSA) is 49.4 Å². The van der Waals surface area contributed by atoms with Crippen molar-refractivity contribution in [2.24, 2.45) is 5.41 Å². The maximum absolute atomic E-state index is 13.1. The molecule has 1 saturated heterocycles. The lowest BCUT2D eigenvalue weighted by Gasteiger charge is -2.31. The lowest BCUT2D eigenvalue weighted by molar-refractivity contribution is -0.123. The second kappa shape index (κ2) is 3.29. The van der Waals surface area contributed by atoms with Gasteiger partial charge in [0.15, 0.2) is 0 Å². The number of nitrogens with zero attached hydrogens (tertiary/aromatic N) is 1. The van der Waals surface area contributed by atoms with Crippen LogP contribution >= 0.6 is 0 Å². The molecule has 1 heterocycles. The Hall–Kier alpha value is -1.91. The minimum absolute atomic E-state index is 0.216. The van der Waals surface area contributed by atoms with Crippen LogP contribution in [0.2, 0.25) is 0 Å². The zero-order valence-corrected chi connectivity index (χ0v) is 9.07. The number of nitrogens with one attached hydrogen (secondary N) is 1. The minimum Gasteiger partial charge on any atom is -0.336 e. The predicted octanol–water partition coefficient (Wildman–Crippen LogP) is 1.66. The van der Waals surface area contributed by atoms with E-state index >= 15 is 0 Å². The van der Waals surface area contributed by atoms with Crippen molar-refractivity contribution >= 4 is 17.6 Å². The Morgan fingerprint density at radius 3 is 2.71 bits per heavy atom. The third kappa shape index (κ3) is 1.50. The number of amides is 3. The predicted molar refractivity (Wildman–Crippen MR) is 59.0 cm³/mol. The maximum Gasteiger partial charge on any atom is 0.328 e. The van der Waals surface area contributed by atoms with Crippen molar-refractivity contribution in [3.63, 3.8) is 0 Å². The Morgan fingerprint density at radius 2 is 2.06 bits per heavy atom. The van der Waals surface area contributed by atoms with Crippen LogP contribution in [0.25, 0.3) is 0 Å². The lowest BCUT2D eigenvalue weighted by Crippen LogP contribution is -2.56. The molecule has 0 unspecified atom stereocenters. The highest BCUT2D eigenvalue weighted by atomic mass is 19.1. The molecule has 88 valence electrons. The number of halogens is 1. The molecule has 1 saturated carbocycles. The van der Waals surface area contributed by atoms with E-state index in [0.29, 0.717) is 12.2 Å². The third-order valence-corrected chi connectivity index (χ3v) is 3.36. The highest BCUT2D eigenvalue weighted by molar-refractivity contribution is 6.18. The SMILES string of the molecule is O=C1NCC2(CC2)C(=O)N1c1cccc(F)c1. The molecular weight excluding hydrogens is 223 g/mol. The first-order chi connectivity index (χ1) is 8.12. The van der Waals surface area contributed by atoms with Crippen molar-refractivity contribution in [1.82, 2.24) is 5.32 Å². The molecule has 2 fully saturated rings. The van der Waals surface area contributed by atoms with Gasteiger partial charge in [-0.15, -0.1) is 0 Å². The lowest BCUT2D eigenvalue weighted by atomic mass is 10.0. The molecular formula is C12H11FN2O2. The fourth-order valence-corrected chi connectivity index (χ4v) is 2.12. The van der Waals surface area contributed by atoms with Gasteiger partial charge in [0.25, 0.3) is 0 Å². The smallest absolute Gasteiger partial charge is 0.328 e. The molecule has 0 bridgehead atoms. The van der Waals surface area contributed by atoms with E-state index in [4.69, 9.17) is 0 Å². The zero-order chi connectivity index (χ0) is 12.0. The summed E-state index contributed by atoms with van der Waals surface area (Å²) >= 11 is 0. The summed E-state index contributed by atoms with van der Waals surface area (Å²) in [5.74, 6) is -0.676. The first kappa shape index (κ1) is 10.3. The van der Waals surface area contributed by atoms with Crippen molar-refractivity contribution in [2.45, 2.75) is 12.8 Å². The maximum atomic E-state index is 13.1. The Kier molecular flexibility index (Phi) is 1.98. The van der Waals surface area contributed by atoms with Gasteiger partial charge < -0.3 is 5.32 Å². The van der Waals surface area contributed by atoms with Crippen molar-refractivity contribution in [3.8, 4) is 0 Å². The molecule has 0 radical (unpaired) electrons. The summed E-state index contributed by atoms with van der Waals surface area (Å²) < 4.78 is 13.1. The highest BCUT2D eigenvalue weighted by Gasteiger charge is 2.56. The van der Waals surface area contributed by atoms with Gasteiger partial charge in [-0.3, -0.25) is 4.79 Å². The van der Waals surface area contributed by atoms with Gasteiger partial charge in [-0.1, -0.05) is 6.07 Å². The van der Waals surface area contributed by atoms with E-state index in [2.05, 4.69) is 5.32 Å². The highest BCUT2D eigenvalue weighted by Crippen LogP contribution is 2.48. The molecule has 4 nitrogen and oxygen atoms in total. The molecule has 1 aromatic rings.